The van der Waals surface area contributed by atoms with Gasteiger partial charge < -0.3 is 5.73 Å². The minimum atomic E-state index is -3.77. The van der Waals surface area contributed by atoms with Crippen molar-refractivity contribution in [1.29, 1.82) is 0 Å². The van der Waals surface area contributed by atoms with Gasteiger partial charge in [-0.05, 0) is 17.7 Å². The smallest absolute Gasteiger partial charge is 0.281 e. The first-order chi connectivity index (χ1) is 8.62. The molecule has 0 amide bonds. The van der Waals surface area contributed by atoms with Gasteiger partial charge in [0.25, 0.3) is 10.0 Å². The Bertz CT molecular complexity index is 612. The van der Waals surface area contributed by atoms with E-state index in [-0.39, 0.29) is 11.0 Å². The Kier molecular flexibility index (Phi) is 3.49. The number of hydrogen-bond donors (Lipinski definition) is 2. The maximum absolute atomic E-state index is 11.9. The molecule has 18 heavy (non-hydrogen) atoms. The highest BCUT2D eigenvalue weighted by atomic mass is 32.2. The van der Waals surface area contributed by atoms with Crippen LogP contribution < -0.4 is 10.5 Å². The van der Waals surface area contributed by atoms with Crippen molar-refractivity contribution < 1.29 is 8.42 Å². The zero-order valence-electron chi connectivity index (χ0n) is 9.31. The van der Waals surface area contributed by atoms with Gasteiger partial charge in [-0.3, -0.25) is 0 Å². The van der Waals surface area contributed by atoms with Gasteiger partial charge in [0.1, 0.15) is 0 Å². The molecule has 0 radical (unpaired) electrons. The summed E-state index contributed by atoms with van der Waals surface area (Å²) in [6.45, 7) is 0.308. The zero-order valence-corrected chi connectivity index (χ0v) is 10.1. The topological polar surface area (TPSA) is 111 Å². The first-order valence-corrected chi connectivity index (χ1v) is 6.55. The molecule has 3 N–H and O–H groups in total. The van der Waals surface area contributed by atoms with Crippen LogP contribution in [0.25, 0.3) is 0 Å². The average Bonchev–Trinajstić information content (AvgIpc) is 2.39. The Balaban J connectivity index is 2.25. The van der Waals surface area contributed by atoms with Crippen molar-refractivity contribution in [3.63, 3.8) is 0 Å². The molecule has 0 aliphatic carbocycles. The Morgan fingerprint density at radius 1 is 1.17 bits per heavy atom. The lowest BCUT2D eigenvalue weighted by molar-refractivity contribution is 0.597. The second-order valence-corrected chi connectivity index (χ2v) is 5.02. The van der Waals surface area contributed by atoms with E-state index in [2.05, 4.69) is 19.7 Å². The van der Waals surface area contributed by atoms with Gasteiger partial charge in [0.2, 0.25) is 5.95 Å². The molecule has 2 aromatic rings. The summed E-state index contributed by atoms with van der Waals surface area (Å²) < 4.78 is 26.1. The maximum atomic E-state index is 11.9. The van der Waals surface area contributed by atoms with Crippen LogP contribution in [-0.2, 0) is 16.6 Å². The van der Waals surface area contributed by atoms with Crippen molar-refractivity contribution in [1.82, 2.24) is 15.0 Å². The molecule has 8 heteroatoms. The number of hydrogen-bond acceptors (Lipinski definition) is 6. The fourth-order valence-electron chi connectivity index (χ4n) is 1.21. The highest BCUT2D eigenvalue weighted by Gasteiger charge is 2.16. The van der Waals surface area contributed by atoms with Crippen LogP contribution in [-0.4, -0.2) is 23.4 Å². The standard InChI is InChI=1S/C10H11N5O2S/c11-6-8-2-3-9(14-7-8)18(16,17)15-10-12-4-1-5-13-10/h1-5,7H,6,11H2,(H,12,13,15). The minimum absolute atomic E-state index is 0.00204. The van der Waals surface area contributed by atoms with Crippen molar-refractivity contribution >= 4 is 16.0 Å². The van der Waals surface area contributed by atoms with Gasteiger partial charge in [-0.2, -0.15) is 8.42 Å². The molecular weight excluding hydrogens is 254 g/mol. The van der Waals surface area contributed by atoms with Gasteiger partial charge >= 0.3 is 0 Å². The molecular formula is C10H11N5O2S. The number of aromatic nitrogens is 3. The van der Waals surface area contributed by atoms with Gasteiger partial charge in [0, 0.05) is 25.1 Å². The molecule has 2 aromatic heterocycles. The van der Waals surface area contributed by atoms with Crippen molar-refractivity contribution in [2.75, 3.05) is 4.72 Å². The van der Waals surface area contributed by atoms with Crippen LogP contribution in [0.5, 0.6) is 0 Å². The Morgan fingerprint density at radius 2 is 1.89 bits per heavy atom. The number of anilines is 1. The molecule has 0 atom stereocenters. The molecule has 0 unspecified atom stereocenters. The van der Waals surface area contributed by atoms with Crippen LogP contribution in [0.3, 0.4) is 0 Å². The van der Waals surface area contributed by atoms with Crippen LogP contribution >= 0.6 is 0 Å². The van der Waals surface area contributed by atoms with E-state index in [0.717, 1.165) is 5.56 Å². The third-order valence-electron chi connectivity index (χ3n) is 2.10. The minimum Gasteiger partial charge on any atom is -0.326 e. The van der Waals surface area contributed by atoms with E-state index < -0.39 is 10.0 Å². The SMILES string of the molecule is NCc1ccc(S(=O)(=O)Nc2ncccn2)nc1. The quantitative estimate of drug-likeness (QED) is 0.813. The van der Waals surface area contributed by atoms with Crippen LogP contribution in [0, 0.1) is 0 Å². The first kappa shape index (κ1) is 12.4. The molecule has 7 nitrogen and oxygen atoms in total. The summed E-state index contributed by atoms with van der Waals surface area (Å²) in [5, 5.41) is -0.104. The van der Waals surface area contributed by atoms with Gasteiger partial charge in [0.15, 0.2) is 5.03 Å². The van der Waals surface area contributed by atoms with E-state index in [1.54, 1.807) is 12.1 Å². The summed E-state index contributed by atoms with van der Waals surface area (Å²) in [7, 11) is -3.77. The summed E-state index contributed by atoms with van der Waals surface area (Å²) >= 11 is 0. The summed E-state index contributed by atoms with van der Waals surface area (Å²) in [6, 6.07) is 4.58. The fourth-order valence-corrected chi connectivity index (χ4v) is 2.10. The van der Waals surface area contributed by atoms with E-state index >= 15 is 0 Å². The summed E-state index contributed by atoms with van der Waals surface area (Å²) in [5.41, 5.74) is 6.16. The molecule has 2 heterocycles. The molecule has 0 saturated carbocycles. The van der Waals surface area contributed by atoms with E-state index in [1.165, 1.54) is 24.7 Å². The van der Waals surface area contributed by atoms with E-state index in [4.69, 9.17) is 5.73 Å². The highest BCUT2D eigenvalue weighted by molar-refractivity contribution is 7.92. The third kappa shape index (κ3) is 2.79. The van der Waals surface area contributed by atoms with E-state index in [1.807, 2.05) is 0 Å². The maximum Gasteiger partial charge on any atom is 0.281 e. The van der Waals surface area contributed by atoms with Crippen molar-refractivity contribution in [3.05, 3.63) is 42.4 Å². The second-order valence-electron chi connectivity index (χ2n) is 3.39. The van der Waals surface area contributed by atoms with Crippen LogP contribution in [0.2, 0.25) is 0 Å². The molecule has 94 valence electrons. The van der Waals surface area contributed by atoms with Gasteiger partial charge in [-0.1, -0.05) is 6.07 Å². The molecule has 0 bridgehead atoms. The molecule has 0 saturated heterocycles. The fraction of sp³-hybridized carbons (Fsp3) is 0.100. The third-order valence-corrected chi connectivity index (χ3v) is 3.34. The summed E-state index contributed by atoms with van der Waals surface area (Å²) in [5.74, 6) is 0.00204. The van der Waals surface area contributed by atoms with Crippen LogP contribution in [0.1, 0.15) is 5.56 Å². The average molecular weight is 265 g/mol. The lowest BCUT2D eigenvalue weighted by atomic mass is 10.3. The number of nitrogens with two attached hydrogens (primary N) is 1. The molecule has 2 rings (SSSR count). The number of nitrogens with one attached hydrogen (secondary N) is 1. The van der Waals surface area contributed by atoms with E-state index in [9.17, 15) is 8.42 Å². The largest absolute Gasteiger partial charge is 0.326 e. The zero-order chi connectivity index (χ0) is 13.0. The van der Waals surface area contributed by atoms with Gasteiger partial charge in [-0.25, -0.2) is 19.7 Å². The van der Waals surface area contributed by atoms with Crippen molar-refractivity contribution in [2.24, 2.45) is 5.73 Å². The number of pyridine rings is 1. The monoisotopic (exact) mass is 265 g/mol. The van der Waals surface area contributed by atoms with Crippen LogP contribution in [0.15, 0.2) is 41.8 Å². The first-order valence-electron chi connectivity index (χ1n) is 5.06. The molecule has 0 aliphatic heterocycles. The molecule has 0 fully saturated rings. The van der Waals surface area contributed by atoms with E-state index in [0.29, 0.717) is 6.54 Å². The van der Waals surface area contributed by atoms with Crippen LogP contribution in [0.4, 0.5) is 5.95 Å². The van der Waals surface area contributed by atoms with Gasteiger partial charge in [0.05, 0.1) is 0 Å². The highest BCUT2D eigenvalue weighted by Crippen LogP contribution is 2.10. The summed E-state index contributed by atoms with van der Waals surface area (Å²) in [6.07, 6.45) is 4.30. The Labute approximate surface area is 104 Å². The second kappa shape index (κ2) is 5.07. The predicted octanol–water partition coefficient (Wildman–Crippen LogP) is 0.131. The summed E-state index contributed by atoms with van der Waals surface area (Å²) in [4.78, 5) is 11.4. The Morgan fingerprint density at radius 3 is 2.44 bits per heavy atom. The lowest BCUT2D eigenvalue weighted by Crippen LogP contribution is -2.16. The molecule has 0 aromatic carbocycles. The Hall–Kier alpha value is -2.06. The number of nitrogens with zero attached hydrogens (tertiary/aromatic N) is 3. The lowest BCUT2D eigenvalue weighted by Gasteiger charge is -2.05. The van der Waals surface area contributed by atoms with Crippen molar-refractivity contribution in [3.8, 4) is 0 Å². The number of sulfonamides is 1. The number of rotatable bonds is 4. The van der Waals surface area contributed by atoms with Gasteiger partial charge in [-0.15, -0.1) is 0 Å². The molecule has 0 aliphatic rings. The normalized spacial score (nSPS) is 11.2. The van der Waals surface area contributed by atoms with Crippen molar-refractivity contribution in [2.45, 2.75) is 11.6 Å². The molecule has 0 spiro atoms. The predicted molar refractivity (Wildman–Crippen MR) is 65.0 cm³/mol.